The van der Waals surface area contributed by atoms with Crippen molar-refractivity contribution in [2.24, 2.45) is 0 Å². The van der Waals surface area contributed by atoms with Gasteiger partial charge in [-0.25, -0.2) is 4.79 Å². The Morgan fingerprint density at radius 1 is 1.10 bits per heavy atom. The Bertz CT molecular complexity index is 640. The number of aromatic carboxylic acids is 1. The minimum absolute atomic E-state index is 0.207. The number of methoxy groups -OCH3 is 2. The molecule has 0 heterocycles. The van der Waals surface area contributed by atoms with E-state index in [0.717, 1.165) is 11.3 Å². The number of carboxylic acids is 1. The lowest BCUT2D eigenvalue weighted by Gasteiger charge is -2.13. The van der Waals surface area contributed by atoms with E-state index in [1.807, 2.05) is 24.3 Å². The first kappa shape index (κ1) is 14.7. The molecule has 0 radical (unpaired) electrons. The summed E-state index contributed by atoms with van der Waals surface area (Å²) in [6.07, 6.45) is 0. The molecule has 110 valence electrons. The molecular weight excluding hydrogens is 270 g/mol. The van der Waals surface area contributed by atoms with Crippen LogP contribution in [-0.2, 0) is 6.54 Å². The van der Waals surface area contributed by atoms with Gasteiger partial charge in [-0.1, -0.05) is 18.2 Å². The van der Waals surface area contributed by atoms with Crippen LogP contribution >= 0.6 is 0 Å². The number of nitrogens with one attached hydrogen (secondary N) is 1. The highest BCUT2D eigenvalue weighted by atomic mass is 16.5. The molecule has 21 heavy (non-hydrogen) atoms. The molecule has 0 aliphatic carbocycles. The van der Waals surface area contributed by atoms with Crippen LogP contribution in [0.4, 0.5) is 5.69 Å². The molecule has 0 saturated carbocycles. The lowest BCUT2D eigenvalue weighted by molar-refractivity contribution is 0.0697. The van der Waals surface area contributed by atoms with Gasteiger partial charge in [0.1, 0.15) is 11.5 Å². The molecular formula is C16H17NO4. The first-order valence-electron chi connectivity index (χ1n) is 6.42. The van der Waals surface area contributed by atoms with Crippen molar-refractivity contribution in [3.05, 3.63) is 53.6 Å². The van der Waals surface area contributed by atoms with Crippen molar-refractivity contribution < 1.29 is 19.4 Å². The van der Waals surface area contributed by atoms with Crippen LogP contribution in [-0.4, -0.2) is 25.3 Å². The number of hydrogen-bond acceptors (Lipinski definition) is 4. The molecule has 0 unspecified atom stereocenters. The van der Waals surface area contributed by atoms with E-state index in [-0.39, 0.29) is 5.56 Å². The number of carboxylic acid groups (broad SMARTS) is 1. The van der Waals surface area contributed by atoms with Gasteiger partial charge in [-0.05, 0) is 24.3 Å². The van der Waals surface area contributed by atoms with Gasteiger partial charge in [-0.3, -0.25) is 0 Å². The fourth-order valence-corrected chi connectivity index (χ4v) is 2.02. The second kappa shape index (κ2) is 6.65. The molecule has 0 fully saturated rings. The Morgan fingerprint density at radius 2 is 1.81 bits per heavy atom. The van der Waals surface area contributed by atoms with Crippen molar-refractivity contribution in [1.82, 2.24) is 0 Å². The summed E-state index contributed by atoms with van der Waals surface area (Å²) in [4.78, 5) is 11.0. The minimum atomic E-state index is -0.974. The second-order valence-electron chi connectivity index (χ2n) is 4.39. The molecule has 5 heteroatoms. The third kappa shape index (κ3) is 3.45. The quantitative estimate of drug-likeness (QED) is 0.854. The van der Waals surface area contributed by atoms with Crippen molar-refractivity contribution in [3.63, 3.8) is 0 Å². The van der Waals surface area contributed by atoms with Gasteiger partial charge in [0.25, 0.3) is 0 Å². The predicted octanol–water partition coefficient (Wildman–Crippen LogP) is 3.01. The fourth-order valence-electron chi connectivity index (χ4n) is 2.02. The predicted molar refractivity (Wildman–Crippen MR) is 80.3 cm³/mol. The average Bonchev–Trinajstić information content (AvgIpc) is 2.52. The molecule has 5 nitrogen and oxygen atoms in total. The van der Waals surface area contributed by atoms with Gasteiger partial charge in [0, 0.05) is 12.1 Å². The molecule has 2 aromatic carbocycles. The third-order valence-electron chi connectivity index (χ3n) is 3.11. The van der Waals surface area contributed by atoms with Crippen LogP contribution in [0.2, 0.25) is 0 Å². The van der Waals surface area contributed by atoms with Gasteiger partial charge in [0.05, 0.1) is 25.5 Å². The molecule has 2 N–H and O–H groups in total. The van der Waals surface area contributed by atoms with E-state index < -0.39 is 5.97 Å². The summed E-state index contributed by atoms with van der Waals surface area (Å²) in [5.41, 5.74) is 1.81. The van der Waals surface area contributed by atoms with E-state index in [0.29, 0.717) is 18.0 Å². The van der Waals surface area contributed by atoms with E-state index in [1.165, 1.54) is 6.07 Å². The molecule has 0 spiro atoms. The van der Waals surface area contributed by atoms with Gasteiger partial charge in [0.15, 0.2) is 0 Å². The number of ether oxygens (including phenoxy) is 2. The maximum Gasteiger partial charge on any atom is 0.335 e. The van der Waals surface area contributed by atoms with Crippen LogP contribution in [0.25, 0.3) is 0 Å². The molecule has 2 aromatic rings. The number of rotatable bonds is 6. The Balaban J connectivity index is 2.22. The summed E-state index contributed by atoms with van der Waals surface area (Å²) in [5, 5.41) is 12.2. The van der Waals surface area contributed by atoms with Crippen LogP contribution in [0.1, 0.15) is 15.9 Å². The smallest absolute Gasteiger partial charge is 0.335 e. The summed E-state index contributed by atoms with van der Waals surface area (Å²) < 4.78 is 10.5. The third-order valence-corrected chi connectivity index (χ3v) is 3.11. The molecule has 0 saturated heterocycles. The van der Waals surface area contributed by atoms with Crippen molar-refractivity contribution >= 4 is 11.7 Å². The Morgan fingerprint density at radius 3 is 2.48 bits per heavy atom. The van der Waals surface area contributed by atoms with E-state index in [2.05, 4.69) is 5.32 Å². The molecule has 0 bridgehead atoms. The Kier molecular flexibility index (Phi) is 4.66. The summed E-state index contributed by atoms with van der Waals surface area (Å²) in [7, 11) is 3.16. The van der Waals surface area contributed by atoms with Gasteiger partial charge in [-0.2, -0.15) is 0 Å². The maximum absolute atomic E-state index is 11.0. The zero-order valence-corrected chi connectivity index (χ0v) is 11.9. The van der Waals surface area contributed by atoms with Crippen molar-refractivity contribution in [1.29, 1.82) is 0 Å². The summed E-state index contributed by atoms with van der Waals surface area (Å²) >= 11 is 0. The number of carbonyl (C=O) groups is 1. The van der Waals surface area contributed by atoms with E-state index in [4.69, 9.17) is 14.6 Å². The monoisotopic (exact) mass is 287 g/mol. The van der Waals surface area contributed by atoms with Crippen LogP contribution in [0, 0.1) is 0 Å². The summed E-state index contributed by atoms with van der Waals surface area (Å²) in [6.45, 7) is 0.503. The average molecular weight is 287 g/mol. The van der Waals surface area contributed by atoms with Crippen molar-refractivity contribution in [3.8, 4) is 11.5 Å². The van der Waals surface area contributed by atoms with Gasteiger partial charge >= 0.3 is 5.97 Å². The van der Waals surface area contributed by atoms with E-state index >= 15 is 0 Å². The molecule has 0 amide bonds. The molecule has 2 rings (SSSR count). The Hall–Kier alpha value is -2.69. The van der Waals surface area contributed by atoms with E-state index in [1.54, 1.807) is 26.4 Å². The van der Waals surface area contributed by atoms with E-state index in [9.17, 15) is 4.79 Å². The molecule has 0 atom stereocenters. The van der Waals surface area contributed by atoms with Gasteiger partial charge < -0.3 is 19.9 Å². The lowest BCUT2D eigenvalue weighted by Crippen LogP contribution is -2.05. The first-order valence-corrected chi connectivity index (χ1v) is 6.42. The number of para-hydroxylation sites is 1. The molecule has 0 aliphatic heterocycles. The lowest BCUT2D eigenvalue weighted by atomic mass is 10.1. The highest BCUT2D eigenvalue weighted by Crippen LogP contribution is 2.27. The highest BCUT2D eigenvalue weighted by molar-refractivity contribution is 5.89. The number of hydrogen-bond donors (Lipinski definition) is 2. The zero-order chi connectivity index (χ0) is 15.2. The van der Waals surface area contributed by atoms with Crippen LogP contribution in [0.3, 0.4) is 0 Å². The second-order valence-corrected chi connectivity index (χ2v) is 4.39. The number of benzene rings is 2. The zero-order valence-electron chi connectivity index (χ0n) is 11.9. The highest BCUT2D eigenvalue weighted by Gasteiger charge is 2.09. The fraction of sp³-hybridized carbons (Fsp3) is 0.188. The van der Waals surface area contributed by atoms with Gasteiger partial charge in [-0.15, -0.1) is 0 Å². The van der Waals surface area contributed by atoms with Gasteiger partial charge in [0.2, 0.25) is 0 Å². The topological polar surface area (TPSA) is 67.8 Å². The van der Waals surface area contributed by atoms with Crippen LogP contribution < -0.4 is 14.8 Å². The first-order chi connectivity index (χ1) is 10.2. The normalized spacial score (nSPS) is 10.0. The summed E-state index contributed by atoms with van der Waals surface area (Å²) in [6, 6.07) is 12.3. The van der Waals surface area contributed by atoms with Crippen molar-refractivity contribution in [2.45, 2.75) is 6.54 Å². The SMILES string of the molecule is COc1ccccc1CNc1cc(C(=O)O)ccc1OC. The van der Waals surface area contributed by atoms with Crippen molar-refractivity contribution in [2.75, 3.05) is 19.5 Å². The molecule has 0 aromatic heterocycles. The number of anilines is 1. The maximum atomic E-state index is 11.0. The summed E-state index contributed by atoms with van der Waals surface area (Å²) in [5.74, 6) is 0.395. The standard InChI is InChI=1S/C16H17NO4/c1-20-14-6-4-3-5-12(14)10-17-13-9-11(16(18)19)7-8-15(13)21-2/h3-9,17H,10H2,1-2H3,(H,18,19). The van der Waals surface area contributed by atoms with Crippen LogP contribution in [0.15, 0.2) is 42.5 Å². The molecule has 0 aliphatic rings. The largest absolute Gasteiger partial charge is 0.496 e. The Labute approximate surface area is 123 Å². The van der Waals surface area contributed by atoms with Crippen LogP contribution in [0.5, 0.6) is 11.5 Å². The minimum Gasteiger partial charge on any atom is -0.496 e.